The van der Waals surface area contributed by atoms with E-state index in [1.54, 1.807) is 18.8 Å². The van der Waals surface area contributed by atoms with E-state index in [2.05, 4.69) is 13.8 Å². The molecule has 0 aromatic carbocycles. The molecule has 1 saturated heterocycles. The molecule has 0 aliphatic carbocycles. The monoisotopic (exact) mass is 243 g/mol. The van der Waals surface area contributed by atoms with Crippen LogP contribution in [0.25, 0.3) is 0 Å². The van der Waals surface area contributed by atoms with Crippen molar-refractivity contribution in [2.24, 2.45) is 0 Å². The lowest BCUT2D eigenvalue weighted by molar-refractivity contribution is -0.136. The van der Waals surface area contributed by atoms with Gasteiger partial charge in [0.15, 0.2) is 0 Å². The molecule has 0 N–H and O–H groups in total. The summed E-state index contributed by atoms with van der Waals surface area (Å²) < 4.78 is 0. The van der Waals surface area contributed by atoms with E-state index in [9.17, 15) is 9.59 Å². The number of carbonyl (C=O) groups excluding carboxylic acids is 2. The number of thioether (sulfide) groups is 1. The summed E-state index contributed by atoms with van der Waals surface area (Å²) >= 11 is 1.66. The van der Waals surface area contributed by atoms with Gasteiger partial charge in [0.2, 0.25) is 11.8 Å². The van der Waals surface area contributed by atoms with Gasteiger partial charge >= 0.3 is 0 Å². The zero-order valence-electron chi connectivity index (χ0n) is 10.4. The highest BCUT2D eigenvalue weighted by Gasteiger charge is 2.36. The van der Waals surface area contributed by atoms with Gasteiger partial charge in [-0.15, -0.1) is 11.8 Å². The lowest BCUT2D eigenvalue weighted by Gasteiger charge is -2.14. The van der Waals surface area contributed by atoms with Gasteiger partial charge < -0.3 is 0 Å². The van der Waals surface area contributed by atoms with E-state index < -0.39 is 0 Å². The second kappa shape index (κ2) is 6.28. The Morgan fingerprint density at radius 3 is 2.62 bits per heavy atom. The predicted molar refractivity (Wildman–Crippen MR) is 67.4 cm³/mol. The molecule has 0 aromatic rings. The fourth-order valence-electron chi connectivity index (χ4n) is 1.86. The molecule has 1 aliphatic heterocycles. The first-order valence-corrected chi connectivity index (χ1v) is 6.96. The van der Waals surface area contributed by atoms with Crippen LogP contribution in [0.3, 0.4) is 0 Å². The molecule has 1 aliphatic rings. The van der Waals surface area contributed by atoms with Gasteiger partial charge in [-0.1, -0.05) is 33.1 Å². The standard InChI is InChI=1S/C12H21NO2S/c1-4-5-6-7-9(2)16-10-8-11(14)13(3)12(10)15/h9-10H,4-8H2,1-3H3. The van der Waals surface area contributed by atoms with Gasteiger partial charge in [-0.3, -0.25) is 14.5 Å². The average Bonchev–Trinajstić information content (AvgIpc) is 2.47. The fourth-order valence-corrected chi connectivity index (χ4v) is 3.24. The quantitative estimate of drug-likeness (QED) is 0.531. The maximum Gasteiger partial charge on any atom is 0.242 e. The SMILES string of the molecule is CCCCCC(C)SC1CC(=O)N(C)C1=O. The first-order valence-electron chi connectivity index (χ1n) is 6.02. The Kier molecular flexibility index (Phi) is 5.32. The van der Waals surface area contributed by atoms with Crippen molar-refractivity contribution in [1.29, 1.82) is 0 Å². The molecule has 2 atom stereocenters. The summed E-state index contributed by atoms with van der Waals surface area (Å²) in [6.07, 6.45) is 5.22. The van der Waals surface area contributed by atoms with Crippen LogP contribution in [-0.4, -0.2) is 34.3 Å². The van der Waals surface area contributed by atoms with E-state index in [0.717, 1.165) is 6.42 Å². The number of imide groups is 1. The Labute approximate surface area is 102 Å². The molecule has 1 fully saturated rings. The van der Waals surface area contributed by atoms with Crippen molar-refractivity contribution in [2.45, 2.75) is 56.5 Å². The van der Waals surface area contributed by atoms with Crippen LogP contribution in [-0.2, 0) is 9.59 Å². The summed E-state index contributed by atoms with van der Waals surface area (Å²) in [5.74, 6) is -0.0550. The maximum absolute atomic E-state index is 11.7. The lowest BCUT2D eigenvalue weighted by atomic mass is 10.2. The van der Waals surface area contributed by atoms with Gasteiger partial charge in [0, 0.05) is 18.7 Å². The van der Waals surface area contributed by atoms with Crippen molar-refractivity contribution in [2.75, 3.05) is 7.05 Å². The van der Waals surface area contributed by atoms with E-state index in [1.165, 1.54) is 24.2 Å². The van der Waals surface area contributed by atoms with Gasteiger partial charge in [-0.2, -0.15) is 0 Å². The van der Waals surface area contributed by atoms with Crippen molar-refractivity contribution in [3.63, 3.8) is 0 Å². The number of carbonyl (C=O) groups is 2. The molecule has 0 bridgehead atoms. The highest BCUT2D eigenvalue weighted by Crippen LogP contribution is 2.29. The number of amides is 2. The van der Waals surface area contributed by atoms with Crippen LogP contribution in [0.5, 0.6) is 0 Å². The molecule has 1 rings (SSSR count). The highest BCUT2D eigenvalue weighted by atomic mass is 32.2. The van der Waals surface area contributed by atoms with Crippen LogP contribution in [0.15, 0.2) is 0 Å². The third-order valence-corrected chi connectivity index (χ3v) is 4.35. The molecule has 0 spiro atoms. The van der Waals surface area contributed by atoms with Crippen molar-refractivity contribution in [3.8, 4) is 0 Å². The summed E-state index contributed by atoms with van der Waals surface area (Å²) in [6, 6.07) is 0. The van der Waals surface area contributed by atoms with Crippen LogP contribution in [0.4, 0.5) is 0 Å². The van der Waals surface area contributed by atoms with Gasteiger partial charge in [0.1, 0.15) is 0 Å². The smallest absolute Gasteiger partial charge is 0.242 e. The molecule has 3 nitrogen and oxygen atoms in total. The molecule has 4 heteroatoms. The zero-order chi connectivity index (χ0) is 12.1. The molecule has 1 heterocycles. The van der Waals surface area contributed by atoms with Gasteiger partial charge in [0.05, 0.1) is 5.25 Å². The second-order valence-electron chi connectivity index (χ2n) is 4.43. The molecule has 0 radical (unpaired) electrons. The third-order valence-electron chi connectivity index (χ3n) is 2.95. The van der Waals surface area contributed by atoms with E-state index in [0.29, 0.717) is 11.7 Å². The summed E-state index contributed by atoms with van der Waals surface area (Å²) in [5, 5.41) is 0.342. The van der Waals surface area contributed by atoms with Crippen LogP contribution in [0.1, 0.15) is 46.0 Å². The third kappa shape index (κ3) is 3.51. The van der Waals surface area contributed by atoms with Crippen LogP contribution in [0.2, 0.25) is 0 Å². The predicted octanol–water partition coefficient (Wildman–Crippen LogP) is 2.45. The molecular formula is C12H21NO2S. The second-order valence-corrected chi connectivity index (χ2v) is 6.07. The maximum atomic E-state index is 11.7. The highest BCUT2D eigenvalue weighted by molar-refractivity contribution is 8.01. The van der Waals surface area contributed by atoms with Crippen molar-refractivity contribution >= 4 is 23.6 Å². The number of hydrogen-bond acceptors (Lipinski definition) is 3. The molecule has 0 saturated carbocycles. The van der Waals surface area contributed by atoms with Crippen molar-refractivity contribution in [3.05, 3.63) is 0 Å². The molecule has 0 aromatic heterocycles. The normalized spacial score (nSPS) is 22.9. The van der Waals surface area contributed by atoms with Crippen molar-refractivity contribution < 1.29 is 9.59 Å². The summed E-state index contributed by atoms with van der Waals surface area (Å²) in [4.78, 5) is 24.3. The van der Waals surface area contributed by atoms with E-state index in [1.807, 2.05) is 0 Å². The zero-order valence-corrected chi connectivity index (χ0v) is 11.2. The van der Waals surface area contributed by atoms with Crippen LogP contribution >= 0.6 is 11.8 Å². The summed E-state index contributed by atoms with van der Waals surface area (Å²) in [7, 11) is 1.58. The lowest BCUT2D eigenvalue weighted by Crippen LogP contribution is -2.27. The van der Waals surface area contributed by atoms with Gasteiger partial charge in [-0.05, 0) is 6.42 Å². The van der Waals surface area contributed by atoms with E-state index in [4.69, 9.17) is 0 Å². The Morgan fingerprint density at radius 1 is 1.44 bits per heavy atom. The Morgan fingerprint density at radius 2 is 2.12 bits per heavy atom. The summed E-state index contributed by atoms with van der Waals surface area (Å²) in [5.41, 5.74) is 0. The number of hydrogen-bond donors (Lipinski definition) is 0. The average molecular weight is 243 g/mol. The molecule has 2 amide bonds. The molecular weight excluding hydrogens is 222 g/mol. The molecule has 2 unspecified atom stereocenters. The minimum atomic E-state index is -0.130. The van der Waals surface area contributed by atoms with Crippen molar-refractivity contribution in [1.82, 2.24) is 4.90 Å². The minimum Gasteiger partial charge on any atom is -0.285 e. The first kappa shape index (κ1) is 13.6. The summed E-state index contributed by atoms with van der Waals surface area (Å²) in [6.45, 7) is 4.34. The first-order chi connectivity index (χ1) is 7.56. The number of nitrogens with zero attached hydrogens (tertiary/aromatic N) is 1. The number of rotatable bonds is 6. The Bertz CT molecular complexity index is 268. The largest absolute Gasteiger partial charge is 0.285 e. The minimum absolute atomic E-state index is 0.0164. The van der Waals surface area contributed by atoms with Crippen LogP contribution < -0.4 is 0 Å². The van der Waals surface area contributed by atoms with Gasteiger partial charge in [0.25, 0.3) is 0 Å². The Balaban J connectivity index is 2.32. The van der Waals surface area contributed by atoms with E-state index >= 15 is 0 Å². The topological polar surface area (TPSA) is 37.4 Å². The van der Waals surface area contributed by atoms with Crippen LogP contribution in [0, 0.1) is 0 Å². The van der Waals surface area contributed by atoms with E-state index in [-0.39, 0.29) is 17.1 Å². The number of likely N-dealkylation sites (tertiary alicyclic amines) is 1. The molecule has 16 heavy (non-hydrogen) atoms. The Hall–Kier alpha value is -0.510. The number of unbranched alkanes of at least 4 members (excludes halogenated alkanes) is 2. The fraction of sp³-hybridized carbons (Fsp3) is 0.833. The molecule has 92 valence electrons. The van der Waals surface area contributed by atoms with Gasteiger partial charge in [-0.25, -0.2) is 0 Å².